The Kier molecular flexibility index (Phi) is 8.72. The topological polar surface area (TPSA) is 48.8 Å². The van der Waals surface area contributed by atoms with Gasteiger partial charge in [0.1, 0.15) is 5.71 Å². The molecular weight excluding hydrogens is 399 g/mol. The monoisotopic (exact) mass is 424 g/mol. The summed E-state index contributed by atoms with van der Waals surface area (Å²) in [6.07, 6.45) is 1.94. The Labute approximate surface area is 166 Å². The maximum absolute atomic E-state index is 13.6. The van der Waals surface area contributed by atoms with Crippen molar-refractivity contribution in [1.29, 1.82) is 0 Å². The third kappa shape index (κ3) is 6.08. The smallest absolute Gasteiger partial charge is 0.393 e. The average Bonchev–Trinajstić information content (AvgIpc) is 2.61. The average molecular weight is 424 g/mol. The summed E-state index contributed by atoms with van der Waals surface area (Å²) in [4.78, 5) is 8.21. The summed E-state index contributed by atoms with van der Waals surface area (Å²) in [6.45, 7) is 3.17. The number of thioether (sulfide) groups is 1. The van der Waals surface area contributed by atoms with E-state index in [1.165, 1.54) is 14.0 Å². The van der Waals surface area contributed by atoms with Gasteiger partial charge in [0.15, 0.2) is 0 Å². The number of nitrogens with one attached hydrogen (secondary N) is 2. The highest BCUT2D eigenvalue weighted by Gasteiger charge is 2.60. The molecule has 4 nitrogen and oxygen atoms in total. The molecule has 0 aliphatic heterocycles. The van der Waals surface area contributed by atoms with Gasteiger partial charge in [-0.1, -0.05) is 19.9 Å². The molecule has 0 saturated heterocycles. The van der Waals surface area contributed by atoms with Gasteiger partial charge in [-0.25, -0.2) is 4.99 Å². The standard InChI is InChI=1S/C18H25F5N4S/c1-6-15(17(19,20)18(21,22)23)27-16(25-4)26-13-8-11(2)7-12(9-13)14(28-5)10-24-3/h8-11,24H,6-7H2,1-5H3,(H,25,26)/b14-10-,27-15+. The molecule has 1 atom stereocenters. The zero-order valence-electron chi connectivity index (χ0n) is 16.4. The minimum absolute atomic E-state index is 0.138. The molecule has 1 aliphatic carbocycles. The van der Waals surface area contributed by atoms with Crippen LogP contribution in [0.2, 0.25) is 0 Å². The molecule has 1 rings (SSSR count). The minimum Gasteiger partial charge on any atom is -0.393 e. The van der Waals surface area contributed by atoms with Crippen LogP contribution in [0.4, 0.5) is 22.0 Å². The molecule has 0 fully saturated rings. The van der Waals surface area contributed by atoms with E-state index in [1.807, 2.05) is 31.5 Å². The lowest BCUT2D eigenvalue weighted by molar-refractivity contribution is -0.249. The Balaban J connectivity index is 3.19. The van der Waals surface area contributed by atoms with Crippen LogP contribution in [0.5, 0.6) is 0 Å². The van der Waals surface area contributed by atoms with Crippen LogP contribution >= 0.6 is 11.8 Å². The van der Waals surface area contributed by atoms with Crippen LogP contribution in [0.1, 0.15) is 26.7 Å². The second-order valence-corrected chi connectivity index (χ2v) is 6.98. The quantitative estimate of drug-likeness (QED) is 0.363. The fourth-order valence-electron chi connectivity index (χ4n) is 2.60. The van der Waals surface area contributed by atoms with Gasteiger partial charge in [-0.3, -0.25) is 4.99 Å². The number of hydrogen-bond donors (Lipinski definition) is 2. The molecular formula is C18H25F5N4S. The molecule has 28 heavy (non-hydrogen) atoms. The number of alkyl halides is 5. The summed E-state index contributed by atoms with van der Waals surface area (Å²) in [5.74, 6) is -5.19. The number of nitrogens with zero attached hydrogens (tertiary/aromatic N) is 2. The normalized spacial score (nSPS) is 19.9. The van der Waals surface area contributed by atoms with Crippen LogP contribution in [0.3, 0.4) is 0 Å². The van der Waals surface area contributed by atoms with Gasteiger partial charge < -0.3 is 10.6 Å². The first-order valence-corrected chi connectivity index (χ1v) is 9.83. The lowest BCUT2D eigenvalue weighted by Gasteiger charge is -2.22. The van der Waals surface area contributed by atoms with Crippen molar-refractivity contribution < 1.29 is 22.0 Å². The van der Waals surface area contributed by atoms with Gasteiger partial charge >= 0.3 is 12.1 Å². The summed E-state index contributed by atoms with van der Waals surface area (Å²) in [5.41, 5.74) is 0.261. The molecule has 0 aromatic carbocycles. The number of hydrogen-bond acceptors (Lipinski definition) is 3. The maximum Gasteiger partial charge on any atom is 0.459 e. The first kappa shape index (κ1) is 24.2. The minimum atomic E-state index is -5.71. The molecule has 1 unspecified atom stereocenters. The van der Waals surface area contributed by atoms with E-state index in [9.17, 15) is 22.0 Å². The van der Waals surface area contributed by atoms with Gasteiger partial charge in [0.25, 0.3) is 0 Å². The van der Waals surface area contributed by atoms with Crippen LogP contribution in [0.25, 0.3) is 0 Å². The fraction of sp³-hybridized carbons (Fsp3) is 0.556. The van der Waals surface area contributed by atoms with Crippen LogP contribution in [0, 0.1) is 5.92 Å². The third-order valence-electron chi connectivity index (χ3n) is 3.91. The Morgan fingerprint density at radius 2 is 1.96 bits per heavy atom. The molecule has 1 aliphatic rings. The third-order valence-corrected chi connectivity index (χ3v) is 4.73. The van der Waals surface area contributed by atoms with Crippen molar-refractivity contribution in [1.82, 2.24) is 10.6 Å². The predicted octanol–water partition coefficient (Wildman–Crippen LogP) is 4.88. The number of halogens is 5. The molecule has 0 aromatic rings. The van der Waals surface area contributed by atoms with Crippen LogP contribution in [-0.2, 0) is 0 Å². The first-order chi connectivity index (χ1) is 13.0. The van der Waals surface area contributed by atoms with Gasteiger partial charge in [-0.05, 0) is 36.7 Å². The zero-order chi connectivity index (χ0) is 21.5. The van der Waals surface area contributed by atoms with Crippen molar-refractivity contribution in [2.24, 2.45) is 15.9 Å². The van der Waals surface area contributed by atoms with E-state index in [2.05, 4.69) is 20.6 Å². The summed E-state index contributed by atoms with van der Waals surface area (Å²) in [5, 5.41) is 5.73. The summed E-state index contributed by atoms with van der Waals surface area (Å²) in [7, 11) is 3.05. The number of aliphatic imine (C=N–C) groups is 2. The van der Waals surface area contributed by atoms with Crippen molar-refractivity contribution in [2.45, 2.75) is 38.8 Å². The molecule has 2 N–H and O–H groups in total. The molecule has 10 heteroatoms. The molecule has 0 saturated carbocycles. The largest absolute Gasteiger partial charge is 0.459 e. The highest BCUT2D eigenvalue weighted by atomic mass is 32.2. The number of rotatable bonds is 6. The van der Waals surface area contributed by atoms with Crippen molar-refractivity contribution >= 4 is 23.4 Å². The van der Waals surface area contributed by atoms with E-state index >= 15 is 0 Å². The fourth-order valence-corrected chi connectivity index (χ4v) is 3.24. The Bertz CT molecular complexity index is 705. The van der Waals surface area contributed by atoms with Crippen molar-refractivity contribution in [3.05, 3.63) is 34.5 Å². The highest BCUT2D eigenvalue weighted by Crippen LogP contribution is 2.37. The lowest BCUT2D eigenvalue weighted by atomic mass is 9.94. The molecule has 0 spiro atoms. The van der Waals surface area contributed by atoms with Gasteiger partial charge in [-0.15, -0.1) is 11.8 Å². The van der Waals surface area contributed by atoms with E-state index in [-0.39, 0.29) is 11.9 Å². The second kappa shape index (κ2) is 10.1. The van der Waals surface area contributed by atoms with Crippen LogP contribution < -0.4 is 10.6 Å². The van der Waals surface area contributed by atoms with E-state index in [4.69, 9.17) is 0 Å². The molecule has 0 radical (unpaired) electrons. The maximum atomic E-state index is 13.6. The molecule has 0 aromatic heterocycles. The van der Waals surface area contributed by atoms with Crippen molar-refractivity contribution in [3.8, 4) is 0 Å². The number of allylic oxidation sites excluding steroid dienone is 3. The van der Waals surface area contributed by atoms with Crippen LogP contribution in [-0.4, -0.2) is 44.1 Å². The first-order valence-electron chi connectivity index (χ1n) is 8.60. The van der Waals surface area contributed by atoms with Gasteiger partial charge in [0.05, 0.1) is 0 Å². The second-order valence-electron chi connectivity index (χ2n) is 6.13. The van der Waals surface area contributed by atoms with Gasteiger partial charge in [-0.2, -0.15) is 22.0 Å². The van der Waals surface area contributed by atoms with Gasteiger partial charge in [0.2, 0.25) is 5.96 Å². The van der Waals surface area contributed by atoms with E-state index < -0.39 is 24.2 Å². The molecule has 158 valence electrons. The van der Waals surface area contributed by atoms with Crippen molar-refractivity contribution in [2.75, 3.05) is 20.4 Å². The SMILES string of the molecule is CC/C(=N\C(=NC)NC1=CC(C)CC(/C(=C/NC)SC)=C1)C(F)(F)C(F)(F)F. The zero-order valence-corrected chi connectivity index (χ0v) is 17.2. The Hall–Kier alpha value is -1.84. The van der Waals surface area contributed by atoms with E-state index in [1.54, 1.807) is 18.8 Å². The molecule has 0 bridgehead atoms. The Morgan fingerprint density at radius 3 is 2.43 bits per heavy atom. The van der Waals surface area contributed by atoms with Gasteiger partial charge in [0, 0.05) is 30.9 Å². The lowest BCUT2D eigenvalue weighted by Crippen LogP contribution is -2.44. The summed E-state index contributed by atoms with van der Waals surface area (Å²) >= 11 is 1.54. The molecule has 0 heterocycles. The molecule has 0 amide bonds. The van der Waals surface area contributed by atoms with E-state index in [0.29, 0.717) is 5.70 Å². The van der Waals surface area contributed by atoms with Crippen LogP contribution in [0.15, 0.2) is 44.5 Å². The Morgan fingerprint density at radius 1 is 1.32 bits per heavy atom. The van der Waals surface area contributed by atoms with E-state index in [0.717, 1.165) is 16.9 Å². The number of guanidine groups is 1. The van der Waals surface area contributed by atoms with Crippen molar-refractivity contribution in [3.63, 3.8) is 0 Å². The highest BCUT2D eigenvalue weighted by molar-refractivity contribution is 8.02. The summed E-state index contributed by atoms with van der Waals surface area (Å²) < 4.78 is 65.3. The summed E-state index contributed by atoms with van der Waals surface area (Å²) in [6, 6.07) is 0. The predicted molar refractivity (Wildman–Crippen MR) is 106 cm³/mol.